The summed E-state index contributed by atoms with van der Waals surface area (Å²) in [6.07, 6.45) is -4.11. The zero-order chi connectivity index (χ0) is 45.9. The van der Waals surface area contributed by atoms with Crippen LogP contribution in [0.15, 0.2) is 109 Å². The molecule has 0 saturated carbocycles. The smallest absolute Gasteiger partial charge is 0.431 e. The van der Waals surface area contributed by atoms with Crippen molar-refractivity contribution in [3.05, 3.63) is 129 Å². The monoisotopic (exact) mass is 969 g/mol. The molecule has 1 atom stereocenters. The van der Waals surface area contributed by atoms with Crippen LogP contribution in [0.25, 0.3) is 0 Å². The number of nitrogens with zero attached hydrogens (tertiary/aromatic N) is 2. The second-order valence-electron chi connectivity index (χ2n) is 14.1. The van der Waals surface area contributed by atoms with E-state index in [1.165, 1.54) is 48.5 Å². The first-order valence-corrected chi connectivity index (χ1v) is 22.9. The van der Waals surface area contributed by atoms with Crippen molar-refractivity contribution >= 4 is 71.9 Å². The number of esters is 2. The van der Waals surface area contributed by atoms with Gasteiger partial charge in [0.2, 0.25) is 0 Å². The molecule has 4 aromatic carbocycles. The highest BCUT2D eigenvalue weighted by atomic mass is 35.9. The van der Waals surface area contributed by atoms with Crippen LogP contribution < -0.4 is 19.3 Å². The quantitative estimate of drug-likeness (QED) is 0.0514. The number of hydrogen-bond acceptors (Lipinski definition) is 15. The zero-order valence-corrected chi connectivity index (χ0v) is 39.2. The molecule has 1 unspecified atom stereocenters. The first-order chi connectivity index (χ1) is 27.6. The maximum Gasteiger partial charge on any atom is 0.431 e. The number of non-ortho nitro benzene ring substituents is 2. The number of carbonyl (C=O) groups is 2. The number of aromatic hydroxyl groups is 1. The fraction of sp³-hybridized carbons (Fsp3) is 0.333. The van der Waals surface area contributed by atoms with Crippen LogP contribution in [0.2, 0.25) is 0 Å². The number of phenolic OH excluding ortho intramolecular Hbond substituents is 1. The number of benzene rings is 4. The van der Waals surface area contributed by atoms with E-state index in [9.17, 15) is 38.9 Å². The maximum absolute atomic E-state index is 13.6. The minimum absolute atomic E-state index is 0. The van der Waals surface area contributed by atoms with Gasteiger partial charge in [0.25, 0.3) is 11.4 Å². The Hall–Kier alpha value is -4.93. The first-order valence-electron chi connectivity index (χ1n) is 17.8. The molecule has 62 heavy (non-hydrogen) atoms. The molecule has 0 spiro atoms. The van der Waals surface area contributed by atoms with E-state index in [-0.39, 0.29) is 65.1 Å². The molecule has 0 aromatic heterocycles. The van der Waals surface area contributed by atoms with Gasteiger partial charge in [0.15, 0.2) is 0 Å². The molecule has 4 aromatic rings. The minimum atomic E-state index is -3.89. The average Bonchev–Trinajstić information content (AvgIpc) is 3.12. The predicted octanol–water partition coefficient (Wildman–Crippen LogP) is 10.4. The van der Waals surface area contributed by atoms with E-state index in [2.05, 4.69) is 4.52 Å². The van der Waals surface area contributed by atoms with Gasteiger partial charge in [-0.25, -0.2) is 9.13 Å². The van der Waals surface area contributed by atoms with Crippen LogP contribution in [0.3, 0.4) is 0 Å². The van der Waals surface area contributed by atoms with Gasteiger partial charge < -0.3 is 39.4 Å². The second kappa shape index (κ2) is 27.2. The molecule has 0 aliphatic heterocycles. The van der Waals surface area contributed by atoms with E-state index in [1.807, 2.05) is 0 Å². The molecule has 0 saturated heterocycles. The molecule has 5 N–H and O–H groups in total. The summed E-state index contributed by atoms with van der Waals surface area (Å²) >= 11 is 10.3. The summed E-state index contributed by atoms with van der Waals surface area (Å²) < 4.78 is 50.4. The first kappa shape index (κ1) is 59.2. The number of nitrogens with two attached hydrogens (primary N) is 1. The summed E-state index contributed by atoms with van der Waals surface area (Å²) in [7, 11) is -3.89. The molecular weight excluding hydrogens is 919 g/mol. The summed E-state index contributed by atoms with van der Waals surface area (Å²) in [5.74, 6) is -0.0146. The third kappa shape index (κ3) is 25.1. The Bertz CT molecular complexity index is 2070. The summed E-state index contributed by atoms with van der Waals surface area (Å²) in [4.78, 5) is 43.2. The van der Waals surface area contributed by atoms with Crippen LogP contribution in [-0.2, 0) is 28.2 Å². The predicted molar refractivity (Wildman–Crippen MR) is 240 cm³/mol. The van der Waals surface area contributed by atoms with Crippen molar-refractivity contribution in [1.82, 2.24) is 0 Å². The van der Waals surface area contributed by atoms with Gasteiger partial charge in [-0.05, 0) is 104 Å². The van der Waals surface area contributed by atoms with Crippen molar-refractivity contribution in [3.63, 3.8) is 0 Å². The Morgan fingerprint density at radius 3 is 1.32 bits per heavy atom. The number of nitro groups is 2. The molecule has 344 valence electrons. The Kier molecular flexibility index (Phi) is 26.0. The van der Waals surface area contributed by atoms with E-state index < -0.39 is 40.4 Å². The SMILES string of the molecule is CC(C)OC(=O)C(C)(C)CP(=O)(Oc1ccccc1)Oc1ccc([N+](=O)[O-])cc1.CC(C)OC(=O)C(C)(C)N.Cl.O.O=P(Cl)(Cl)Oc1ccccc1.O=[N+]([O-])c1ccc(O)cc1. The lowest BCUT2D eigenvalue weighted by Gasteiger charge is -2.28. The lowest BCUT2D eigenvalue weighted by molar-refractivity contribution is -0.385. The van der Waals surface area contributed by atoms with Crippen molar-refractivity contribution in [1.29, 1.82) is 0 Å². The number of phenols is 1. The third-order valence-electron chi connectivity index (χ3n) is 6.65. The third-order valence-corrected chi connectivity index (χ3v) is 9.64. The topological polar surface area (TPSA) is 278 Å². The van der Waals surface area contributed by atoms with Crippen LogP contribution in [-0.4, -0.2) is 56.3 Å². The average molecular weight is 971 g/mol. The van der Waals surface area contributed by atoms with Gasteiger partial charge in [0, 0.05) is 46.7 Å². The van der Waals surface area contributed by atoms with Crippen molar-refractivity contribution < 1.29 is 62.2 Å². The van der Waals surface area contributed by atoms with Crippen LogP contribution in [0.5, 0.6) is 23.0 Å². The Morgan fingerprint density at radius 1 is 0.661 bits per heavy atom. The van der Waals surface area contributed by atoms with Crippen LogP contribution in [0.4, 0.5) is 11.4 Å². The van der Waals surface area contributed by atoms with Crippen LogP contribution >= 0.6 is 48.6 Å². The fourth-order valence-electron chi connectivity index (χ4n) is 3.98. The summed E-state index contributed by atoms with van der Waals surface area (Å²) in [5, 5.41) is 29.6. The molecule has 0 amide bonds. The number of carbonyl (C=O) groups excluding carboxylic acids is 2. The molecular formula is C39H52Cl3N3O15P2. The van der Waals surface area contributed by atoms with Gasteiger partial charge in [-0.1, -0.05) is 36.4 Å². The standard InChI is InChI=1S/C20H24NO7P.C7H15NO2.C6H5Cl2O2P.C6H5NO3.ClH.H2O/c1-15(2)26-19(22)20(3,4)14-29(25,27-17-8-6-5-7-9-17)28-18-12-10-16(11-13-18)21(23)24;1-5(2)10-6(9)7(3,4)8;7-11(8,9)10-6-4-2-1-3-5-6;8-6-3-1-5(2-4-6)7(9)10;;/h5-13,15H,14H2,1-4H3;5H,8H2,1-4H3;1-5H;1-4,8H;1H;1H2. The van der Waals surface area contributed by atoms with Crippen molar-refractivity contribution in [2.24, 2.45) is 11.1 Å². The highest BCUT2D eigenvalue weighted by Crippen LogP contribution is 2.57. The molecule has 4 rings (SSSR count). The minimum Gasteiger partial charge on any atom is -0.508 e. The van der Waals surface area contributed by atoms with Crippen molar-refractivity contribution in [2.75, 3.05) is 6.16 Å². The lowest BCUT2D eigenvalue weighted by Crippen LogP contribution is -2.43. The van der Waals surface area contributed by atoms with Gasteiger partial charge in [-0.15, -0.1) is 12.4 Å². The molecule has 23 heteroatoms. The molecule has 18 nitrogen and oxygen atoms in total. The van der Waals surface area contributed by atoms with Crippen molar-refractivity contribution in [3.8, 4) is 23.0 Å². The number of ether oxygens (including phenoxy) is 2. The number of para-hydroxylation sites is 2. The number of hydrogen-bond donors (Lipinski definition) is 2. The van der Waals surface area contributed by atoms with E-state index >= 15 is 0 Å². The van der Waals surface area contributed by atoms with E-state index in [1.54, 1.807) is 116 Å². The van der Waals surface area contributed by atoms with Crippen LogP contribution in [0, 0.1) is 25.6 Å². The molecule has 0 heterocycles. The zero-order valence-electron chi connectivity index (χ0n) is 35.0. The van der Waals surface area contributed by atoms with Gasteiger partial charge in [0.1, 0.15) is 28.5 Å². The van der Waals surface area contributed by atoms with E-state index in [0.29, 0.717) is 11.5 Å². The molecule has 0 fully saturated rings. The molecule has 0 aliphatic rings. The molecule has 0 bridgehead atoms. The molecule has 0 aliphatic carbocycles. The van der Waals surface area contributed by atoms with E-state index in [4.69, 9.17) is 51.8 Å². The number of nitro benzene ring substituents is 2. The van der Waals surface area contributed by atoms with Crippen molar-refractivity contribution in [2.45, 2.75) is 73.1 Å². The summed E-state index contributed by atoms with van der Waals surface area (Å²) in [5.41, 5.74) is 3.28. The fourth-order valence-corrected chi connectivity index (χ4v) is 6.98. The van der Waals surface area contributed by atoms with Gasteiger partial charge in [-0.3, -0.25) is 29.8 Å². The highest BCUT2D eigenvalue weighted by Gasteiger charge is 2.42. The second-order valence-corrected chi connectivity index (χ2v) is 20.2. The maximum atomic E-state index is 13.6. The van der Waals surface area contributed by atoms with Gasteiger partial charge in [-0.2, -0.15) is 0 Å². The van der Waals surface area contributed by atoms with Gasteiger partial charge >= 0.3 is 25.6 Å². The summed E-state index contributed by atoms with van der Waals surface area (Å²) in [6.45, 7) is 13.5. The lowest BCUT2D eigenvalue weighted by atomic mass is 9.97. The Morgan fingerprint density at radius 2 is 1.00 bits per heavy atom. The normalized spacial score (nSPS) is 11.6. The summed E-state index contributed by atoms with van der Waals surface area (Å²) in [6, 6.07) is 27.1. The Labute approximate surface area is 375 Å². The highest BCUT2D eigenvalue weighted by molar-refractivity contribution is 8.05. The number of halogens is 3. The number of rotatable bonds is 14. The van der Waals surface area contributed by atoms with E-state index in [0.717, 1.165) is 0 Å². The molecule has 0 radical (unpaired) electrons. The van der Waals surface area contributed by atoms with Crippen LogP contribution in [0.1, 0.15) is 55.4 Å². The largest absolute Gasteiger partial charge is 0.508 e. The Balaban J connectivity index is 0. The van der Waals surface area contributed by atoms with Gasteiger partial charge in [0.05, 0.1) is 33.6 Å².